The molecule has 2 unspecified atom stereocenters. The second-order valence-corrected chi connectivity index (χ2v) is 5.00. The summed E-state index contributed by atoms with van der Waals surface area (Å²) in [5.74, 6) is -2.46. The van der Waals surface area contributed by atoms with Gasteiger partial charge in [-0.2, -0.15) is 0 Å². The molecule has 6 heteroatoms. The van der Waals surface area contributed by atoms with Crippen LogP contribution in [0.4, 0.5) is 0 Å². The number of aliphatic carboxylic acids is 2. The maximum Gasteiger partial charge on any atom is 0.323 e. The lowest BCUT2D eigenvalue weighted by molar-refractivity contribution is -0.137. The zero-order valence-corrected chi connectivity index (χ0v) is 9.72. The van der Waals surface area contributed by atoms with Crippen molar-refractivity contribution in [1.29, 1.82) is 0 Å². The zero-order chi connectivity index (χ0) is 12.8. The van der Waals surface area contributed by atoms with Crippen LogP contribution < -0.4 is 0 Å². The molecule has 0 heterocycles. The van der Waals surface area contributed by atoms with Gasteiger partial charge in [-0.15, -0.1) is 0 Å². The molecule has 0 aliphatic carbocycles. The monoisotopic (exact) mass is 256 g/mol. The van der Waals surface area contributed by atoms with E-state index in [2.05, 4.69) is 0 Å². The summed E-state index contributed by atoms with van der Waals surface area (Å²) in [6.07, 6.45) is -0.302. The van der Waals surface area contributed by atoms with Gasteiger partial charge in [0.25, 0.3) is 0 Å². The smallest absolute Gasteiger partial charge is 0.323 e. The molecule has 0 saturated carbocycles. The van der Waals surface area contributed by atoms with Crippen molar-refractivity contribution in [3.63, 3.8) is 0 Å². The zero-order valence-electron chi connectivity index (χ0n) is 8.91. The Morgan fingerprint density at radius 3 is 2.24 bits per heavy atom. The number of benzene rings is 1. The first-order valence-electron chi connectivity index (χ1n) is 4.89. The molecular weight excluding hydrogens is 244 g/mol. The van der Waals surface area contributed by atoms with Crippen molar-refractivity contribution in [3.8, 4) is 0 Å². The molecule has 0 bridgehead atoms. The molecule has 0 aliphatic rings. The van der Waals surface area contributed by atoms with Gasteiger partial charge in [-0.1, -0.05) is 30.3 Å². The van der Waals surface area contributed by atoms with Gasteiger partial charge in [0.15, 0.2) is 5.25 Å². The largest absolute Gasteiger partial charge is 0.481 e. The number of carbonyl (C=O) groups is 2. The molecule has 0 radical (unpaired) electrons. The van der Waals surface area contributed by atoms with Crippen LogP contribution in [0, 0.1) is 0 Å². The van der Waals surface area contributed by atoms with Crippen LogP contribution in [0.2, 0.25) is 0 Å². The molecule has 0 saturated heterocycles. The number of carboxylic acids is 2. The van der Waals surface area contributed by atoms with Crippen LogP contribution in [-0.4, -0.2) is 32.1 Å². The van der Waals surface area contributed by atoms with Crippen molar-refractivity contribution < 1.29 is 24.0 Å². The predicted molar refractivity (Wildman–Crippen MR) is 62.1 cm³/mol. The third-order valence-corrected chi connectivity index (χ3v) is 3.71. The van der Waals surface area contributed by atoms with Crippen LogP contribution in [0.15, 0.2) is 30.3 Å². The van der Waals surface area contributed by atoms with Gasteiger partial charge in [-0.3, -0.25) is 13.8 Å². The molecule has 0 aliphatic heterocycles. The molecule has 0 amide bonds. The maximum atomic E-state index is 11.8. The van der Waals surface area contributed by atoms with Crippen LogP contribution in [0.3, 0.4) is 0 Å². The fourth-order valence-electron chi connectivity index (χ4n) is 1.34. The summed E-state index contributed by atoms with van der Waals surface area (Å²) >= 11 is 0. The van der Waals surface area contributed by atoms with E-state index in [1.54, 1.807) is 30.3 Å². The highest BCUT2D eigenvalue weighted by Gasteiger charge is 2.26. The molecule has 2 N–H and O–H groups in total. The first-order valence-corrected chi connectivity index (χ1v) is 6.27. The van der Waals surface area contributed by atoms with Crippen molar-refractivity contribution in [1.82, 2.24) is 0 Å². The average molecular weight is 256 g/mol. The lowest BCUT2D eigenvalue weighted by Gasteiger charge is -2.11. The van der Waals surface area contributed by atoms with Crippen LogP contribution in [0.25, 0.3) is 0 Å². The molecule has 0 aromatic heterocycles. The van der Waals surface area contributed by atoms with E-state index >= 15 is 0 Å². The highest BCUT2D eigenvalue weighted by Crippen LogP contribution is 2.20. The van der Waals surface area contributed by atoms with E-state index in [4.69, 9.17) is 10.2 Å². The van der Waals surface area contributed by atoms with Gasteiger partial charge in [0.2, 0.25) is 0 Å². The summed E-state index contributed by atoms with van der Waals surface area (Å²) in [5, 5.41) is 16.3. The number of rotatable bonds is 6. The Labute approximate surface area is 101 Å². The second kappa shape index (κ2) is 6.15. The summed E-state index contributed by atoms with van der Waals surface area (Å²) in [6.45, 7) is 0. The highest BCUT2D eigenvalue weighted by molar-refractivity contribution is 7.86. The Morgan fingerprint density at radius 2 is 1.76 bits per heavy atom. The third kappa shape index (κ3) is 3.99. The maximum absolute atomic E-state index is 11.8. The molecule has 92 valence electrons. The Hall–Kier alpha value is -1.69. The molecule has 2 atom stereocenters. The van der Waals surface area contributed by atoms with Gasteiger partial charge in [-0.25, -0.2) is 0 Å². The Kier molecular flexibility index (Phi) is 4.84. The van der Waals surface area contributed by atoms with Crippen molar-refractivity contribution in [3.05, 3.63) is 35.9 Å². The summed E-state index contributed by atoms with van der Waals surface area (Å²) in [7, 11) is -1.74. The van der Waals surface area contributed by atoms with E-state index in [0.717, 1.165) is 0 Å². The number of hydrogen-bond donors (Lipinski definition) is 2. The summed E-state index contributed by atoms with van der Waals surface area (Å²) in [6, 6.07) is 8.16. The first-order chi connectivity index (χ1) is 8.02. The van der Waals surface area contributed by atoms with E-state index in [1.165, 1.54) is 0 Å². The van der Waals surface area contributed by atoms with E-state index in [-0.39, 0.29) is 12.2 Å². The SMILES string of the molecule is O=C(O)CCS(=O)C(C(=O)O)c1ccccc1. The van der Waals surface area contributed by atoms with Gasteiger partial charge in [0, 0.05) is 16.6 Å². The van der Waals surface area contributed by atoms with Crippen molar-refractivity contribution >= 4 is 22.7 Å². The average Bonchev–Trinajstić information content (AvgIpc) is 2.27. The second-order valence-electron chi connectivity index (χ2n) is 3.36. The molecule has 1 aromatic carbocycles. The molecule has 1 rings (SSSR count). The van der Waals surface area contributed by atoms with Crippen LogP contribution >= 0.6 is 0 Å². The van der Waals surface area contributed by atoms with Gasteiger partial charge in [0.1, 0.15) is 0 Å². The normalized spacial score (nSPS) is 13.9. The van der Waals surface area contributed by atoms with Gasteiger partial charge in [0.05, 0.1) is 6.42 Å². The van der Waals surface area contributed by atoms with Crippen molar-refractivity contribution in [2.24, 2.45) is 0 Å². The van der Waals surface area contributed by atoms with E-state index in [1.807, 2.05) is 0 Å². The minimum absolute atomic E-state index is 0.165. The minimum atomic E-state index is -1.74. The molecular formula is C11H12O5S. The predicted octanol–water partition coefficient (Wildman–Crippen LogP) is 1.04. The molecule has 1 aromatic rings. The first kappa shape index (κ1) is 13.4. The van der Waals surface area contributed by atoms with E-state index < -0.39 is 28.0 Å². The van der Waals surface area contributed by atoms with Crippen molar-refractivity contribution in [2.45, 2.75) is 11.7 Å². The quantitative estimate of drug-likeness (QED) is 0.793. The van der Waals surface area contributed by atoms with Gasteiger partial charge >= 0.3 is 11.9 Å². The number of carboxylic acid groups (broad SMARTS) is 2. The van der Waals surface area contributed by atoms with Crippen LogP contribution in [0.1, 0.15) is 17.2 Å². The summed E-state index contributed by atoms with van der Waals surface area (Å²) < 4.78 is 11.8. The van der Waals surface area contributed by atoms with Crippen LogP contribution in [-0.2, 0) is 20.4 Å². The molecule has 5 nitrogen and oxygen atoms in total. The van der Waals surface area contributed by atoms with E-state index in [0.29, 0.717) is 5.56 Å². The Balaban J connectivity index is 2.84. The lowest BCUT2D eigenvalue weighted by atomic mass is 10.1. The minimum Gasteiger partial charge on any atom is -0.481 e. The highest BCUT2D eigenvalue weighted by atomic mass is 32.2. The van der Waals surface area contributed by atoms with Gasteiger partial charge in [-0.05, 0) is 5.56 Å². The van der Waals surface area contributed by atoms with E-state index in [9.17, 15) is 13.8 Å². The molecule has 0 spiro atoms. The van der Waals surface area contributed by atoms with Gasteiger partial charge < -0.3 is 10.2 Å². The third-order valence-electron chi connectivity index (χ3n) is 2.11. The fourth-order valence-corrected chi connectivity index (χ4v) is 2.64. The lowest BCUT2D eigenvalue weighted by Crippen LogP contribution is -2.20. The van der Waals surface area contributed by atoms with Crippen molar-refractivity contribution in [2.75, 3.05) is 5.75 Å². The summed E-state index contributed by atoms with van der Waals surface area (Å²) in [5.41, 5.74) is 0.420. The topological polar surface area (TPSA) is 91.7 Å². The summed E-state index contributed by atoms with van der Waals surface area (Å²) in [4.78, 5) is 21.4. The molecule has 17 heavy (non-hydrogen) atoms. The Morgan fingerprint density at radius 1 is 1.18 bits per heavy atom. The molecule has 0 fully saturated rings. The number of hydrogen-bond acceptors (Lipinski definition) is 3. The Bertz CT molecular complexity index is 429. The van der Waals surface area contributed by atoms with Crippen LogP contribution in [0.5, 0.6) is 0 Å². The standard InChI is InChI=1S/C11H12O5S/c12-9(13)6-7-17(16)10(11(14)15)8-4-2-1-3-5-8/h1-5,10H,6-7H2,(H,12,13)(H,14,15). The fraction of sp³-hybridized carbons (Fsp3) is 0.273.